The quantitative estimate of drug-likeness (QED) is 0.895. The van der Waals surface area contributed by atoms with Crippen LogP contribution in [-0.2, 0) is 4.74 Å². The molecule has 3 nitrogen and oxygen atoms in total. The molecule has 0 spiro atoms. The van der Waals surface area contributed by atoms with Crippen molar-refractivity contribution in [2.45, 2.75) is 19.9 Å². The fourth-order valence-electron chi connectivity index (χ4n) is 1.50. The van der Waals surface area contributed by atoms with Crippen LogP contribution in [0.1, 0.15) is 24.2 Å². The van der Waals surface area contributed by atoms with E-state index in [2.05, 4.69) is 21.2 Å². The number of methoxy groups -OCH3 is 1. The number of amides is 1. The topological polar surface area (TPSA) is 38.3 Å². The number of hydrogen-bond donors (Lipinski definition) is 1. The molecule has 5 heteroatoms. The van der Waals surface area contributed by atoms with E-state index < -0.39 is 0 Å². The van der Waals surface area contributed by atoms with Crippen LogP contribution in [0.2, 0.25) is 5.02 Å². The number of rotatable bonds is 5. The molecule has 0 saturated carbocycles. The molecule has 0 aromatic heterocycles. The molecule has 0 aliphatic carbocycles. The Morgan fingerprint density at radius 3 is 2.67 bits per heavy atom. The second kappa shape index (κ2) is 7.12. The van der Waals surface area contributed by atoms with Crippen LogP contribution in [0.3, 0.4) is 0 Å². The van der Waals surface area contributed by atoms with Crippen LogP contribution >= 0.6 is 27.5 Å². The van der Waals surface area contributed by atoms with Crippen LogP contribution < -0.4 is 5.32 Å². The summed E-state index contributed by atoms with van der Waals surface area (Å²) in [6.45, 7) is 4.58. The molecule has 18 heavy (non-hydrogen) atoms. The zero-order chi connectivity index (χ0) is 13.7. The lowest BCUT2D eigenvalue weighted by Crippen LogP contribution is -2.41. The van der Waals surface area contributed by atoms with Crippen molar-refractivity contribution in [3.8, 4) is 0 Å². The van der Waals surface area contributed by atoms with Crippen LogP contribution in [0.25, 0.3) is 0 Å². The first-order chi connectivity index (χ1) is 8.45. The molecule has 0 heterocycles. The molecule has 0 saturated heterocycles. The number of carbonyl (C=O) groups is 1. The number of halogens is 2. The third-order valence-corrected chi connectivity index (χ3v) is 3.53. The smallest absolute Gasteiger partial charge is 0.252 e. The zero-order valence-corrected chi connectivity index (χ0v) is 13.0. The van der Waals surface area contributed by atoms with Crippen molar-refractivity contribution in [1.29, 1.82) is 0 Å². The molecule has 0 radical (unpaired) electrons. The van der Waals surface area contributed by atoms with Crippen LogP contribution in [0.5, 0.6) is 0 Å². The lowest BCUT2D eigenvalue weighted by molar-refractivity contribution is 0.0866. The molecule has 0 aliphatic rings. The van der Waals surface area contributed by atoms with Gasteiger partial charge >= 0.3 is 0 Å². The largest absolute Gasteiger partial charge is 0.383 e. The average molecular weight is 335 g/mol. The molecule has 0 bridgehead atoms. The molecule has 1 aromatic carbocycles. The van der Waals surface area contributed by atoms with Gasteiger partial charge in [0.25, 0.3) is 5.91 Å². The summed E-state index contributed by atoms with van der Waals surface area (Å²) in [5.41, 5.74) is 0.571. The van der Waals surface area contributed by atoms with Crippen molar-refractivity contribution in [2.24, 2.45) is 5.92 Å². The van der Waals surface area contributed by atoms with E-state index in [0.29, 0.717) is 27.6 Å². The van der Waals surface area contributed by atoms with Crippen molar-refractivity contribution in [2.75, 3.05) is 13.7 Å². The fraction of sp³-hybridized carbons (Fsp3) is 0.462. The van der Waals surface area contributed by atoms with E-state index in [1.807, 2.05) is 13.8 Å². The minimum absolute atomic E-state index is 0.00919. The van der Waals surface area contributed by atoms with Gasteiger partial charge in [0, 0.05) is 16.6 Å². The van der Waals surface area contributed by atoms with Gasteiger partial charge in [0.2, 0.25) is 0 Å². The van der Waals surface area contributed by atoms with Gasteiger partial charge in [0.15, 0.2) is 0 Å². The van der Waals surface area contributed by atoms with E-state index in [1.165, 1.54) is 0 Å². The predicted octanol–water partition coefficient (Wildman–Crippen LogP) is 3.50. The number of nitrogens with one attached hydrogen (secondary N) is 1. The van der Waals surface area contributed by atoms with Crippen LogP contribution in [-0.4, -0.2) is 25.7 Å². The summed E-state index contributed by atoms with van der Waals surface area (Å²) in [5.74, 6) is 0.175. The molecule has 1 aromatic rings. The van der Waals surface area contributed by atoms with E-state index in [0.717, 1.165) is 0 Å². The molecular formula is C13H17BrClNO2. The molecule has 1 N–H and O–H groups in total. The summed E-state index contributed by atoms with van der Waals surface area (Å²) in [4.78, 5) is 12.1. The summed E-state index contributed by atoms with van der Waals surface area (Å²) in [6.07, 6.45) is 0. The third kappa shape index (κ3) is 4.26. The van der Waals surface area contributed by atoms with Gasteiger partial charge < -0.3 is 10.1 Å². The lowest BCUT2D eigenvalue weighted by atomic mass is 10.0. The normalized spacial score (nSPS) is 12.6. The van der Waals surface area contributed by atoms with E-state index in [4.69, 9.17) is 16.3 Å². The SMILES string of the molecule is COCC(NC(=O)c1ccc(Cl)cc1Br)C(C)C. The highest BCUT2D eigenvalue weighted by atomic mass is 79.9. The third-order valence-electron chi connectivity index (χ3n) is 2.64. The van der Waals surface area contributed by atoms with Gasteiger partial charge in [-0.3, -0.25) is 4.79 Å². The number of carbonyl (C=O) groups excluding carboxylic acids is 1. The van der Waals surface area contributed by atoms with E-state index in [1.54, 1.807) is 25.3 Å². The number of hydrogen-bond acceptors (Lipinski definition) is 2. The zero-order valence-electron chi connectivity index (χ0n) is 10.7. The number of benzene rings is 1. The minimum Gasteiger partial charge on any atom is -0.383 e. The summed E-state index contributed by atoms with van der Waals surface area (Å²) in [5, 5.41) is 3.55. The Morgan fingerprint density at radius 1 is 1.50 bits per heavy atom. The lowest BCUT2D eigenvalue weighted by Gasteiger charge is -2.21. The van der Waals surface area contributed by atoms with E-state index >= 15 is 0 Å². The molecule has 1 atom stereocenters. The monoisotopic (exact) mass is 333 g/mol. The van der Waals surface area contributed by atoms with Gasteiger partial charge in [-0.1, -0.05) is 25.4 Å². The van der Waals surface area contributed by atoms with Gasteiger partial charge in [0.1, 0.15) is 0 Å². The molecule has 1 amide bonds. The first-order valence-electron chi connectivity index (χ1n) is 5.70. The highest BCUT2D eigenvalue weighted by Gasteiger charge is 2.18. The average Bonchev–Trinajstić information content (AvgIpc) is 2.27. The Morgan fingerprint density at radius 2 is 2.17 bits per heavy atom. The second-order valence-electron chi connectivity index (χ2n) is 4.40. The van der Waals surface area contributed by atoms with E-state index in [9.17, 15) is 4.79 Å². The summed E-state index contributed by atoms with van der Waals surface area (Å²) in [7, 11) is 1.62. The van der Waals surface area contributed by atoms with Crippen molar-refractivity contribution >= 4 is 33.4 Å². The Bertz CT molecular complexity index is 423. The standard InChI is InChI=1S/C13H17BrClNO2/c1-8(2)12(7-18-3)16-13(17)10-5-4-9(15)6-11(10)14/h4-6,8,12H,7H2,1-3H3,(H,16,17). The first kappa shape index (κ1) is 15.5. The van der Waals surface area contributed by atoms with Crippen molar-refractivity contribution in [3.63, 3.8) is 0 Å². The predicted molar refractivity (Wildman–Crippen MR) is 77.1 cm³/mol. The molecular weight excluding hydrogens is 318 g/mol. The molecule has 100 valence electrons. The minimum atomic E-state index is -0.130. The maximum Gasteiger partial charge on any atom is 0.252 e. The van der Waals surface area contributed by atoms with Gasteiger partial charge in [-0.2, -0.15) is 0 Å². The van der Waals surface area contributed by atoms with Crippen molar-refractivity contribution in [3.05, 3.63) is 33.3 Å². The molecule has 0 fully saturated rings. The number of ether oxygens (including phenoxy) is 1. The molecule has 1 unspecified atom stereocenters. The summed E-state index contributed by atoms with van der Waals surface area (Å²) < 4.78 is 5.79. The Kier molecular flexibility index (Phi) is 6.12. The maximum absolute atomic E-state index is 12.1. The Labute approximate surface area is 121 Å². The molecule has 1 rings (SSSR count). The van der Waals surface area contributed by atoms with Crippen LogP contribution in [0.4, 0.5) is 0 Å². The van der Waals surface area contributed by atoms with Gasteiger partial charge in [-0.15, -0.1) is 0 Å². The summed E-state index contributed by atoms with van der Waals surface area (Å²) in [6, 6.07) is 5.09. The Hall–Kier alpha value is -0.580. The van der Waals surface area contributed by atoms with Crippen LogP contribution in [0, 0.1) is 5.92 Å². The molecule has 0 aliphatic heterocycles. The first-order valence-corrected chi connectivity index (χ1v) is 6.87. The van der Waals surface area contributed by atoms with Gasteiger partial charge in [-0.25, -0.2) is 0 Å². The Balaban J connectivity index is 2.80. The maximum atomic E-state index is 12.1. The van der Waals surface area contributed by atoms with Gasteiger partial charge in [-0.05, 0) is 40.0 Å². The van der Waals surface area contributed by atoms with Crippen molar-refractivity contribution in [1.82, 2.24) is 5.32 Å². The van der Waals surface area contributed by atoms with Crippen molar-refractivity contribution < 1.29 is 9.53 Å². The fourth-order valence-corrected chi connectivity index (χ4v) is 2.36. The van der Waals surface area contributed by atoms with Crippen LogP contribution in [0.15, 0.2) is 22.7 Å². The second-order valence-corrected chi connectivity index (χ2v) is 5.69. The van der Waals surface area contributed by atoms with Gasteiger partial charge in [0.05, 0.1) is 18.2 Å². The highest BCUT2D eigenvalue weighted by molar-refractivity contribution is 9.10. The highest BCUT2D eigenvalue weighted by Crippen LogP contribution is 2.21. The van der Waals surface area contributed by atoms with E-state index in [-0.39, 0.29) is 11.9 Å². The summed E-state index contributed by atoms with van der Waals surface area (Å²) >= 11 is 9.18.